The van der Waals surface area contributed by atoms with Crippen LogP contribution in [0.15, 0.2) is 48.5 Å². The lowest BCUT2D eigenvalue weighted by molar-refractivity contribution is -0.121. The number of aryl methyl sites for hydroxylation is 1. The fourth-order valence-corrected chi connectivity index (χ4v) is 3.74. The fourth-order valence-electron chi connectivity index (χ4n) is 3.74. The van der Waals surface area contributed by atoms with Crippen LogP contribution in [-0.2, 0) is 11.3 Å². The van der Waals surface area contributed by atoms with E-state index in [1.807, 2.05) is 32.9 Å². The Morgan fingerprint density at radius 3 is 2.27 bits per heavy atom. The fraction of sp³-hybridized carbons (Fsp3) is 0.440. The number of hydrogen-bond acceptors (Lipinski definition) is 3. The summed E-state index contributed by atoms with van der Waals surface area (Å²) in [5.41, 5.74) is 3.31. The van der Waals surface area contributed by atoms with Crippen molar-refractivity contribution in [3.63, 3.8) is 0 Å². The van der Waals surface area contributed by atoms with Crippen molar-refractivity contribution in [2.75, 3.05) is 18.4 Å². The van der Waals surface area contributed by atoms with Gasteiger partial charge in [0.1, 0.15) is 0 Å². The molecule has 5 nitrogen and oxygen atoms in total. The normalized spacial score (nSPS) is 15.6. The molecule has 0 aliphatic carbocycles. The van der Waals surface area contributed by atoms with Crippen molar-refractivity contribution in [3.05, 3.63) is 65.2 Å². The lowest BCUT2D eigenvalue weighted by Gasteiger charge is -2.31. The van der Waals surface area contributed by atoms with Gasteiger partial charge in [0, 0.05) is 18.0 Å². The van der Waals surface area contributed by atoms with E-state index >= 15 is 0 Å². The highest BCUT2D eigenvalue weighted by atomic mass is 16.2. The van der Waals surface area contributed by atoms with E-state index in [1.54, 1.807) is 12.1 Å². The van der Waals surface area contributed by atoms with Crippen molar-refractivity contribution in [1.29, 1.82) is 0 Å². The number of amides is 2. The molecule has 0 aromatic heterocycles. The molecular formula is C25H33N3O2. The molecule has 0 bridgehead atoms. The molecule has 0 saturated carbocycles. The van der Waals surface area contributed by atoms with E-state index in [1.165, 1.54) is 11.1 Å². The van der Waals surface area contributed by atoms with E-state index in [4.69, 9.17) is 0 Å². The maximum Gasteiger partial charge on any atom is 0.253 e. The van der Waals surface area contributed by atoms with Crippen molar-refractivity contribution in [1.82, 2.24) is 10.2 Å². The molecule has 3 rings (SSSR count). The van der Waals surface area contributed by atoms with Crippen molar-refractivity contribution in [2.45, 2.75) is 52.6 Å². The molecule has 2 aromatic carbocycles. The first-order valence-corrected chi connectivity index (χ1v) is 10.7. The number of benzene rings is 2. The van der Waals surface area contributed by atoms with Crippen LogP contribution in [0.3, 0.4) is 0 Å². The third kappa shape index (κ3) is 6.17. The molecule has 0 unspecified atom stereocenters. The van der Waals surface area contributed by atoms with Crippen molar-refractivity contribution in [3.8, 4) is 0 Å². The van der Waals surface area contributed by atoms with Gasteiger partial charge in [-0.25, -0.2) is 0 Å². The summed E-state index contributed by atoms with van der Waals surface area (Å²) in [6.45, 7) is 10.6. The maximum atomic E-state index is 12.9. The number of carbonyl (C=O) groups is 2. The Balaban J connectivity index is 1.56. The summed E-state index contributed by atoms with van der Waals surface area (Å²) in [7, 11) is 0. The third-order valence-electron chi connectivity index (χ3n) is 5.40. The minimum Gasteiger partial charge on any atom is -0.347 e. The number of likely N-dealkylation sites (tertiary alicyclic amines) is 1. The van der Waals surface area contributed by atoms with Gasteiger partial charge >= 0.3 is 0 Å². The predicted molar refractivity (Wildman–Crippen MR) is 121 cm³/mol. The average Bonchev–Trinajstić information content (AvgIpc) is 2.69. The van der Waals surface area contributed by atoms with Crippen molar-refractivity contribution >= 4 is 17.5 Å². The van der Waals surface area contributed by atoms with Gasteiger partial charge in [0.25, 0.3) is 5.91 Å². The zero-order valence-corrected chi connectivity index (χ0v) is 18.5. The third-order valence-corrected chi connectivity index (χ3v) is 5.40. The van der Waals surface area contributed by atoms with E-state index in [9.17, 15) is 9.59 Å². The summed E-state index contributed by atoms with van der Waals surface area (Å²) in [4.78, 5) is 27.9. The molecule has 2 aromatic rings. The van der Waals surface area contributed by atoms with Crippen LogP contribution in [0, 0.1) is 12.8 Å². The van der Waals surface area contributed by atoms with Gasteiger partial charge in [-0.2, -0.15) is 0 Å². The van der Waals surface area contributed by atoms with Crippen LogP contribution in [0.5, 0.6) is 0 Å². The Bertz CT molecular complexity index is 876. The first-order chi connectivity index (χ1) is 14.2. The molecule has 0 spiro atoms. The summed E-state index contributed by atoms with van der Waals surface area (Å²) in [6, 6.07) is 15.8. The van der Waals surface area contributed by atoms with Crippen molar-refractivity contribution < 1.29 is 9.59 Å². The van der Waals surface area contributed by atoms with Crippen LogP contribution >= 0.6 is 0 Å². The molecule has 30 heavy (non-hydrogen) atoms. The molecular weight excluding hydrogens is 374 g/mol. The number of nitrogens with zero attached hydrogens (tertiary/aromatic N) is 1. The number of hydrogen-bond donors (Lipinski definition) is 2. The van der Waals surface area contributed by atoms with Crippen molar-refractivity contribution in [2.24, 2.45) is 5.92 Å². The Labute approximate surface area is 179 Å². The second-order valence-corrected chi connectivity index (χ2v) is 9.27. The second kappa shape index (κ2) is 9.43. The van der Waals surface area contributed by atoms with Crippen LogP contribution in [0.25, 0.3) is 0 Å². The summed E-state index contributed by atoms with van der Waals surface area (Å²) in [5, 5.41) is 5.96. The number of nitrogens with one attached hydrogen (secondary N) is 2. The summed E-state index contributed by atoms with van der Waals surface area (Å²) >= 11 is 0. The highest BCUT2D eigenvalue weighted by Gasteiger charge is 2.26. The SMILES string of the molecule is Cc1ccc(CN2CCC(C(=O)Nc3ccccc3C(=O)NC(C)(C)C)CC2)cc1. The molecule has 1 saturated heterocycles. The van der Waals surface area contributed by atoms with Gasteiger partial charge in [-0.15, -0.1) is 0 Å². The van der Waals surface area contributed by atoms with Gasteiger partial charge in [-0.1, -0.05) is 42.0 Å². The zero-order valence-electron chi connectivity index (χ0n) is 18.5. The molecule has 1 aliphatic rings. The van der Waals surface area contributed by atoms with Crippen LogP contribution in [0.1, 0.15) is 55.1 Å². The molecule has 2 amide bonds. The molecule has 1 aliphatic heterocycles. The lowest BCUT2D eigenvalue weighted by atomic mass is 9.95. The second-order valence-electron chi connectivity index (χ2n) is 9.27. The van der Waals surface area contributed by atoms with E-state index < -0.39 is 0 Å². The van der Waals surface area contributed by atoms with Gasteiger partial charge in [0.05, 0.1) is 11.3 Å². The highest BCUT2D eigenvalue weighted by Crippen LogP contribution is 2.23. The topological polar surface area (TPSA) is 61.4 Å². The maximum absolute atomic E-state index is 12.9. The molecule has 1 fully saturated rings. The summed E-state index contributed by atoms with van der Waals surface area (Å²) < 4.78 is 0. The zero-order chi connectivity index (χ0) is 21.7. The largest absolute Gasteiger partial charge is 0.347 e. The molecule has 160 valence electrons. The van der Waals surface area contributed by atoms with Gasteiger partial charge in [0.15, 0.2) is 0 Å². The first kappa shape index (κ1) is 22.0. The number of rotatable bonds is 5. The molecule has 5 heteroatoms. The Kier molecular flexibility index (Phi) is 6.93. The standard InChI is InChI=1S/C25H33N3O2/c1-18-9-11-19(12-10-18)17-28-15-13-20(14-16-28)23(29)26-22-8-6-5-7-21(22)24(30)27-25(2,3)4/h5-12,20H,13-17H2,1-4H3,(H,26,29)(H,27,30). The minimum atomic E-state index is -0.335. The van der Waals surface area contributed by atoms with Crippen LogP contribution < -0.4 is 10.6 Å². The van der Waals surface area contributed by atoms with Gasteiger partial charge in [-0.05, 0) is 71.3 Å². The number of carbonyl (C=O) groups excluding carboxylic acids is 2. The van der Waals surface area contributed by atoms with Crippen LogP contribution in [-0.4, -0.2) is 35.3 Å². The molecule has 1 heterocycles. The first-order valence-electron chi connectivity index (χ1n) is 10.7. The van der Waals surface area contributed by atoms with Gasteiger partial charge in [-0.3, -0.25) is 14.5 Å². The predicted octanol–water partition coefficient (Wildman–Crippen LogP) is 4.37. The molecule has 0 atom stereocenters. The monoisotopic (exact) mass is 407 g/mol. The van der Waals surface area contributed by atoms with Gasteiger partial charge in [0.2, 0.25) is 5.91 Å². The van der Waals surface area contributed by atoms with Crippen LogP contribution in [0.2, 0.25) is 0 Å². The van der Waals surface area contributed by atoms with Gasteiger partial charge < -0.3 is 10.6 Å². The minimum absolute atomic E-state index is 0.000921. The smallest absolute Gasteiger partial charge is 0.253 e. The lowest BCUT2D eigenvalue weighted by Crippen LogP contribution is -2.41. The average molecular weight is 408 g/mol. The summed E-state index contributed by atoms with van der Waals surface area (Å²) in [5.74, 6) is -0.203. The number of piperidine rings is 1. The quantitative estimate of drug-likeness (QED) is 0.773. The Morgan fingerprint density at radius 2 is 1.63 bits per heavy atom. The molecule has 2 N–H and O–H groups in total. The highest BCUT2D eigenvalue weighted by molar-refractivity contribution is 6.04. The van der Waals surface area contributed by atoms with E-state index in [-0.39, 0.29) is 23.3 Å². The number of anilines is 1. The Morgan fingerprint density at radius 1 is 1.00 bits per heavy atom. The molecule has 0 radical (unpaired) electrons. The van der Waals surface area contributed by atoms with E-state index in [0.717, 1.165) is 32.5 Å². The van der Waals surface area contributed by atoms with E-state index in [0.29, 0.717) is 11.3 Å². The Hall–Kier alpha value is -2.66. The number of para-hydroxylation sites is 1. The summed E-state index contributed by atoms with van der Waals surface area (Å²) in [6.07, 6.45) is 1.65. The van der Waals surface area contributed by atoms with E-state index in [2.05, 4.69) is 46.7 Å². The van der Waals surface area contributed by atoms with Crippen LogP contribution in [0.4, 0.5) is 5.69 Å².